The van der Waals surface area contributed by atoms with E-state index in [2.05, 4.69) is 6.07 Å². The molecule has 2 nitrogen and oxygen atoms in total. The van der Waals surface area contributed by atoms with Crippen LogP contribution in [0.5, 0.6) is 0 Å². The number of aliphatic hydroxyl groups is 1. The minimum Gasteiger partial charge on any atom is -0.396 e. The summed E-state index contributed by atoms with van der Waals surface area (Å²) in [5.74, 6) is 0.134. The van der Waals surface area contributed by atoms with Gasteiger partial charge in [-0.25, -0.2) is 0 Å². The highest BCUT2D eigenvalue weighted by molar-refractivity contribution is 7.10. The lowest BCUT2D eigenvalue weighted by atomic mass is 10.1. The Morgan fingerprint density at radius 1 is 1.73 bits per heavy atom. The molecule has 0 bridgehead atoms. The second-order valence-corrected chi connectivity index (χ2v) is 3.53. The van der Waals surface area contributed by atoms with E-state index in [1.165, 1.54) is 10.4 Å². The van der Waals surface area contributed by atoms with E-state index in [1.54, 1.807) is 11.3 Å². The highest BCUT2D eigenvalue weighted by Gasteiger charge is 2.11. The van der Waals surface area contributed by atoms with Crippen molar-refractivity contribution in [3.05, 3.63) is 21.9 Å². The number of aliphatic hydroxyl groups excluding tert-OH is 1. The summed E-state index contributed by atoms with van der Waals surface area (Å²) in [5.41, 5.74) is 6.73. The zero-order valence-corrected chi connectivity index (χ0v) is 7.40. The summed E-state index contributed by atoms with van der Waals surface area (Å²) < 4.78 is 0. The lowest BCUT2D eigenvalue weighted by Crippen LogP contribution is -2.15. The topological polar surface area (TPSA) is 46.2 Å². The maximum Gasteiger partial charge on any atom is 0.0519 e. The fourth-order valence-electron chi connectivity index (χ4n) is 1.07. The van der Waals surface area contributed by atoms with E-state index in [0.717, 1.165) is 0 Å². The van der Waals surface area contributed by atoms with Gasteiger partial charge in [0.15, 0.2) is 0 Å². The first-order valence-corrected chi connectivity index (χ1v) is 4.52. The van der Waals surface area contributed by atoms with Crippen LogP contribution in [0.4, 0.5) is 0 Å². The number of nitrogens with two attached hydrogens (primary N) is 1. The van der Waals surface area contributed by atoms with Crippen LogP contribution in [0, 0.1) is 6.92 Å². The molecule has 1 atom stereocenters. The van der Waals surface area contributed by atoms with Crippen LogP contribution < -0.4 is 5.73 Å². The van der Waals surface area contributed by atoms with Crippen molar-refractivity contribution in [2.75, 3.05) is 13.2 Å². The smallest absolute Gasteiger partial charge is 0.0519 e. The van der Waals surface area contributed by atoms with Crippen LogP contribution in [0.3, 0.4) is 0 Å². The van der Waals surface area contributed by atoms with Crippen LogP contribution in [-0.2, 0) is 0 Å². The average molecular weight is 171 g/mol. The highest BCUT2D eigenvalue weighted by Crippen LogP contribution is 2.24. The van der Waals surface area contributed by atoms with Crippen LogP contribution in [-0.4, -0.2) is 18.3 Å². The van der Waals surface area contributed by atoms with Crippen LogP contribution in [0.15, 0.2) is 11.4 Å². The molecule has 0 amide bonds. The van der Waals surface area contributed by atoms with Crippen molar-refractivity contribution in [3.63, 3.8) is 0 Å². The van der Waals surface area contributed by atoms with Gasteiger partial charge in [-0.3, -0.25) is 0 Å². The molecule has 0 saturated heterocycles. The summed E-state index contributed by atoms with van der Waals surface area (Å²) in [4.78, 5) is 1.22. The van der Waals surface area contributed by atoms with Crippen molar-refractivity contribution in [2.45, 2.75) is 12.8 Å². The Morgan fingerprint density at radius 2 is 2.45 bits per heavy atom. The molecule has 1 aromatic rings. The Bertz CT molecular complexity index is 218. The largest absolute Gasteiger partial charge is 0.396 e. The first kappa shape index (κ1) is 8.71. The average Bonchev–Trinajstić information content (AvgIpc) is 2.40. The minimum absolute atomic E-state index is 0.134. The first-order valence-electron chi connectivity index (χ1n) is 3.64. The number of hydrogen-bond donors (Lipinski definition) is 2. The normalized spacial score (nSPS) is 13.4. The number of thiophene rings is 1. The summed E-state index contributed by atoms with van der Waals surface area (Å²) in [6.45, 7) is 2.72. The molecule has 1 unspecified atom stereocenters. The van der Waals surface area contributed by atoms with E-state index in [1.807, 2.05) is 12.3 Å². The molecule has 0 aliphatic rings. The molecular weight excluding hydrogens is 158 g/mol. The third-order valence-electron chi connectivity index (χ3n) is 1.78. The van der Waals surface area contributed by atoms with Crippen molar-refractivity contribution in [3.8, 4) is 0 Å². The summed E-state index contributed by atoms with van der Waals surface area (Å²) in [6.07, 6.45) is 0. The maximum atomic E-state index is 8.95. The molecule has 62 valence electrons. The zero-order valence-electron chi connectivity index (χ0n) is 6.58. The Morgan fingerprint density at radius 3 is 2.82 bits per heavy atom. The van der Waals surface area contributed by atoms with E-state index in [9.17, 15) is 0 Å². The lowest BCUT2D eigenvalue weighted by Gasteiger charge is -2.09. The first-order chi connectivity index (χ1) is 5.29. The highest BCUT2D eigenvalue weighted by atomic mass is 32.1. The molecule has 0 saturated carbocycles. The van der Waals surface area contributed by atoms with Gasteiger partial charge in [-0.15, -0.1) is 11.3 Å². The van der Waals surface area contributed by atoms with Gasteiger partial charge >= 0.3 is 0 Å². The number of rotatable bonds is 3. The molecule has 3 N–H and O–H groups in total. The second-order valence-electron chi connectivity index (χ2n) is 2.58. The molecule has 11 heavy (non-hydrogen) atoms. The third kappa shape index (κ3) is 1.80. The van der Waals surface area contributed by atoms with Gasteiger partial charge in [-0.1, -0.05) is 0 Å². The molecule has 0 spiro atoms. The van der Waals surface area contributed by atoms with Crippen molar-refractivity contribution >= 4 is 11.3 Å². The number of hydrogen-bond acceptors (Lipinski definition) is 3. The molecule has 0 aromatic carbocycles. The molecule has 1 rings (SSSR count). The summed E-state index contributed by atoms with van der Waals surface area (Å²) in [5, 5.41) is 11.0. The third-order valence-corrected chi connectivity index (χ3v) is 2.96. The van der Waals surface area contributed by atoms with Gasteiger partial charge in [-0.2, -0.15) is 0 Å². The van der Waals surface area contributed by atoms with Gasteiger partial charge in [0.05, 0.1) is 6.61 Å². The Hall–Kier alpha value is -0.380. The second kappa shape index (κ2) is 3.85. The minimum atomic E-state index is 0.134. The molecule has 0 radical (unpaired) electrons. The maximum absolute atomic E-state index is 8.95. The Labute approximate surface area is 70.7 Å². The van der Waals surface area contributed by atoms with Gasteiger partial charge in [0.25, 0.3) is 0 Å². The molecule has 0 aliphatic carbocycles. The molecule has 0 aliphatic heterocycles. The van der Waals surface area contributed by atoms with Crippen LogP contribution >= 0.6 is 11.3 Å². The fourth-order valence-corrected chi connectivity index (χ4v) is 2.10. The van der Waals surface area contributed by atoms with E-state index >= 15 is 0 Å². The predicted molar refractivity (Wildman–Crippen MR) is 47.9 cm³/mol. The SMILES string of the molecule is Cc1ccsc1C(CN)CO. The molecular formula is C8H13NOS. The Balaban J connectivity index is 2.81. The molecule has 3 heteroatoms. The summed E-state index contributed by atoms with van der Waals surface area (Å²) in [6, 6.07) is 2.05. The zero-order chi connectivity index (χ0) is 8.27. The van der Waals surface area contributed by atoms with Gasteiger partial charge in [0.2, 0.25) is 0 Å². The lowest BCUT2D eigenvalue weighted by molar-refractivity contribution is 0.269. The Kier molecular flexibility index (Phi) is 3.05. The van der Waals surface area contributed by atoms with Crippen molar-refractivity contribution in [2.24, 2.45) is 5.73 Å². The van der Waals surface area contributed by atoms with Crippen molar-refractivity contribution < 1.29 is 5.11 Å². The van der Waals surface area contributed by atoms with Gasteiger partial charge in [0, 0.05) is 17.3 Å². The summed E-state index contributed by atoms with van der Waals surface area (Å²) in [7, 11) is 0. The van der Waals surface area contributed by atoms with Crippen LogP contribution in [0.25, 0.3) is 0 Å². The van der Waals surface area contributed by atoms with E-state index in [4.69, 9.17) is 10.8 Å². The summed E-state index contributed by atoms with van der Waals surface area (Å²) >= 11 is 1.67. The van der Waals surface area contributed by atoms with Gasteiger partial charge in [0.1, 0.15) is 0 Å². The number of aryl methyl sites for hydroxylation is 1. The van der Waals surface area contributed by atoms with Crippen molar-refractivity contribution in [1.29, 1.82) is 0 Å². The van der Waals surface area contributed by atoms with E-state index in [-0.39, 0.29) is 12.5 Å². The molecule has 0 fully saturated rings. The van der Waals surface area contributed by atoms with E-state index in [0.29, 0.717) is 6.54 Å². The van der Waals surface area contributed by atoms with Crippen LogP contribution in [0.1, 0.15) is 16.4 Å². The molecule has 1 heterocycles. The van der Waals surface area contributed by atoms with Gasteiger partial charge in [-0.05, 0) is 23.9 Å². The standard InChI is InChI=1S/C8H13NOS/c1-6-2-3-11-8(6)7(4-9)5-10/h2-3,7,10H,4-5,9H2,1H3. The predicted octanol–water partition coefficient (Wildman–Crippen LogP) is 1.09. The monoisotopic (exact) mass is 171 g/mol. The van der Waals surface area contributed by atoms with Crippen LogP contribution in [0.2, 0.25) is 0 Å². The fraction of sp³-hybridized carbons (Fsp3) is 0.500. The quantitative estimate of drug-likeness (QED) is 0.715. The van der Waals surface area contributed by atoms with Gasteiger partial charge < -0.3 is 10.8 Å². The van der Waals surface area contributed by atoms with E-state index < -0.39 is 0 Å². The van der Waals surface area contributed by atoms with Crippen molar-refractivity contribution in [1.82, 2.24) is 0 Å². The molecule has 1 aromatic heterocycles.